The molecular formula is C22H17ClN4O3S3. The number of nitrogens with zero attached hydrogens (tertiary/aromatic N) is 2. The highest BCUT2D eigenvalue weighted by molar-refractivity contribution is 7.99. The van der Waals surface area contributed by atoms with E-state index < -0.39 is 15.9 Å². The third-order valence-electron chi connectivity index (χ3n) is 4.33. The second-order valence-electron chi connectivity index (χ2n) is 6.71. The molecule has 0 bridgehead atoms. The highest BCUT2D eigenvalue weighted by Crippen LogP contribution is 2.32. The molecule has 0 aliphatic rings. The summed E-state index contributed by atoms with van der Waals surface area (Å²) in [7, 11) is -3.99. The normalized spacial score (nSPS) is 11.2. The Morgan fingerprint density at radius 2 is 1.64 bits per heavy atom. The Hall–Kier alpha value is -2.92. The van der Waals surface area contributed by atoms with Crippen molar-refractivity contribution in [2.75, 3.05) is 10.0 Å². The van der Waals surface area contributed by atoms with E-state index in [-0.39, 0.29) is 9.47 Å². The molecule has 33 heavy (non-hydrogen) atoms. The molecule has 0 spiro atoms. The van der Waals surface area contributed by atoms with Gasteiger partial charge in [-0.25, -0.2) is 0 Å². The van der Waals surface area contributed by atoms with E-state index in [1.807, 2.05) is 36.4 Å². The van der Waals surface area contributed by atoms with Gasteiger partial charge in [0.2, 0.25) is 5.13 Å². The first-order valence-corrected chi connectivity index (χ1v) is 13.3. The second-order valence-corrected chi connectivity index (χ2v) is 11.0. The van der Waals surface area contributed by atoms with E-state index in [0.717, 1.165) is 21.8 Å². The lowest BCUT2D eigenvalue weighted by atomic mass is 10.2. The van der Waals surface area contributed by atoms with E-state index >= 15 is 0 Å². The molecule has 0 fully saturated rings. The summed E-state index contributed by atoms with van der Waals surface area (Å²) in [5.41, 5.74) is 1.92. The van der Waals surface area contributed by atoms with Crippen molar-refractivity contribution in [3.8, 4) is 0 Å². The standard InChI is InChI=1S/C22H17ClN4O3S3/c23-17-12-10-15(11-13-17)14-31-19-9-5-4-8-18(19)27-33(29,30)22-26-25-21(32-22)24-20(28)16-6-2-1-3-7-16/h1-13,27H,14H2,(H,24,25,28). The average molecular weight is 517 g/mol. The summed E-state index contributed by atoms with van der Waals surface area (Å²) in [5, 5.41) is 10.9. The number of hydrogen-bond donors (Lipinski definition) is 2. The molecule has 3 aromatic carbocycles. The number of benzene rings is 3. The fourth-order valence-electron chi connectivity index (χ4n) is 2.73. The zero-order valence-corrected chi connectivity index (χ0v) is 20.1. The van der Waals surface area contributed by atoms with Crippen LogP contribution in [0.25, 0.3) is 0 Å². The molecule has 1 heterocycles. The number of nitrogens with one attached hydrogen (secondary N) is 2. The molecule has 4 rings (SSSR count). The molecule has 11 heteroatoms. The monoisotopic (exact) mass is 516 g/mol. The zero-order chi connectivity index (χ0) is 23.3. The first-order chi connectivity index (χ1) is 15.9. The van der Waals surface area contributed by atoms with E-state index in [9.17, 15) is 13.2 Å². The van der Waals surface area contributed by atoms with Gasteiger partial charge in [-0.3, -0.25) is 14.8 Å². The molecule has 0 aliphatic carbocycles. The first-order valence-electron chi connectivity index (χ1n) is 9.60. The summed E-state index contributed by atoms with van der Waals surface area (Å²) in [6.45, 7) is 0. The van der Waals surface area contributed by atoms with Gasteiger partial charge >= 0.3 is 0 Å². The summed E-state index contributed by atoms with van der Waals surface area (Å²) in [5.74, 6) is 0.247. The largest absolute Gasteiger partial charge is 0.296 e. The molecule has 0 saturated carbocycles. The summed E-state index contributed by atoms with van der Waals surface area (Å²) in [6.07, 6.45) is 0. The number of sulfonamides is 1. The number of aromatic nitrogens is 2. The van der Waals surface area contributed by atoms with Crippen molar-refractivity contribution in [3.63, 3.8) is 0 Å². The van der Waals surface area contributed by atoms with Crippen LogP contribution in [0.4, 0.5) is 10.8 Å². The van der Waals surface area contributed by atoms with Gasteiger partial charge in [0.15, 0.2) is 0 Å². The smallest absolute Gasteiger partial charge is 0.291 e. The fraction of sp³-hybridized carbons (Fsp3) is 0.0455. The Morgan fingerprint density at radius 3 is 2.39 bits per heavy atom. The lowest BCUT2D eigenvalue weighted by Crippen LogP contribution is -2.13. The van der Waals surface area contributed by atoms with Crippen LogP contribution >= 0.6 is 34.7 Å². The van der Waals surface area contributed by atoms with Gasteiger partial charge in [-0.1, -0.05) is 65.4 Å². The molecular weight excluding hydrogens is 500 g/mol. The van der Waals surface area contributed by atoms with E-state index in [1.54, 1.807) is 42.5 Å². The summed E-state index contributed by atoms with van der Waals surface area (Å²) in [4.78, 5) is 13.0. The molecule has 0 unspecified atom stereocenters. The fourth-order valence-corrected chi connectivity index (χ4v) is 5.87. The third kappa shape index (κ3) is 6.11. The SMILES string of the molecule is O=C(Nc1nnc(S(=O)(=O)Nc2ccccc2SCc2ccc(Cl)cc2)s1)c1ccccc1. The van der Waals surface area contributed by atoms with Crippen LogP contribution in [0.15, 0.2) is 88.1 Å². The number of halogens is 1. The number of carbonyl (C=O) groups excluding carboxylic acids is 1. The molecule has 0 radical (unpaired) electrons. The number of anilines is 2. The average Bonchev–Trinajstić information content (AvgIpc) is 3.29. The van der Waals surface area contributed by atoms with Crippen molar-refractivity contribution in [2.45, 2.75) is 15.0 Å². The maximum atomic E-state index is 12.9. The number of thioether (sulfide) groups is 1. The Labute approximate surface area is 204 Å². The maximum absolute atomic E-state index is 12.9. The van der Waals surface area contributed by atoms with Gasteiger partial charge in [-0.2, -0.15) is 8.42 Å². The minimum Gasteiger partial charge on any atom is -0.296 e. The summed E-state index contributed by atoms with van der Waals surface area (Å²) < 4.78 is 28.1. The van der Waals surface area contributed by atoms with Crippen LogP contribution in [0.5, 0.6) is 0 Å². The van der Waals surface area contributed by atoms with Gasteiger partial charge in [-0.05, 0) is 42.0 Å². The third-order valence-corrected chi connectivity index (χ3v) is 8.30. The maximum Gasteiger partial charge on any atom is 0.291 e. The first kappa shape index (κ1) is 23.2. The van der Waals surface area contributed by atoms with E-state index in [2.05, 4.69) is 20.2 Å². The Balaban J connectivity index is 1.46. The molecule has 0 saturated heterocycles. The Kier molecular flexibility index (Phi) is 7.29. The number of rotatable bonds is 8. The van der Waals surface area contributed by atoms with Gasteiger partial charge < -0.3 is 0 Å². The Bertz CT molecular complexity index is 1360. The molecule has 2 N–H and O–H groups in total. The van der Waals surface area contributed by atoms with Crippen LogP contribution < -0.4 is 10.0 Å². The molecule has 7 nitrogen and oxygen atoms in total. The quantitative estimate of drug-likeness (QED) is 0.235. The number of hydrogen-bond acceptors (Lipinski definition) is 7. The molecule has 1 aromatic heterocycles. The molecule has 4 aromatic rings. The highest BCUT2D eigenvalue weighted by atomic mass is 35.5. The van der Waals surface area contributed by atoms with Crippen molar-refractivity contribution >= 4 is 61.4 Å². The molecule has 0 aliphatic heterocycles. The summed E-state index contributed by atoms with van der Waals surface area (Å²) >= 11 is 8.20. The molecule has 168 valence electrons. The second kappa shape index (κ2) is 10.3. The van der Waals surface area contributed by atoms with E-state index in [4.69, 9.17) is 11.6 Å². The molecule has 1 amide bonds. The van der Waals surface area contributed by atoms with Crippen LogP contribution in [0, 0.1) is 0 Å². The van der Waals surface area contributed by atoms with Gasteiger partial charge in [0.05, 0.1) is 5.69 Å². The zero-order valence-electron chi connectivity index (χ0n) is 16.9. The number of carbonyl (C=O) groups is 1. The van der Waals surface area contributed by atoms with Crippen LogP contribution in [-0.2, 0) is 15.8 Å². The number of amides is 1. The lowest BCUT2D eigenvalue weighted by Gasteiger charge is -2.11. The van der Waals surface area contributed by atoms with Crippen LogP contribution in [0.3, 0.4) is 0 Å². The van der Waals surface area contributed by atoms with Crippen LogP contribution in [0.2, 0.25) is 5.02 Å². The molecule has 0 atom stereocenters. The van der Waals surface area contributed by atoms with Crippen LogP contribution in [-0.4, -0.2) is 24.5 Å². The van der Waals surface area contributed by atoms with Crippen molar-refractivity contribution in [1.29, 1.82) is 0 Å². The van der Waals surface area contributed by atoms with Gasteiger partial charge in [0.1, 0.15) is 0 Å². The summed E-state index contributed by atoms with van der Waals surface area (Å²) in [6, 6.07) is 23.1. The van der Waals surface area contributed by atoms with Gasteiger partial charge in [-0.15, -0.1) is 22.0 Å². The van der Waals surface area contributed by atoms with Gasteiger partial charge in [0.25, 0.3) is 20.3 Å². The lowest BCUT2D eigenvalue weighted by molar-refractivity contribution is 0.102. The van der Waals surface area contributed by atoms with Crippen molar-refractivity contribution in [1.82, 2.24) is 10.2 Å². The minimum absolute atomic E-state index is 0.0922. The van der Waals surface area contributed by atoms with Crippen molar-refractivity contribution in [3.05, 3.63) is 95.0 Å². The predicted molar refractivity (Wildman–Crippen MR) is 133 cm³/mol. The van der Waals surface area contributed by atoms with E-state index in [0.29, 0.717) is 22.0 Å². The number of para-hydroxylation sites is 1. The topological polar surface area (TPSA) is 101 Å². The van der Waals surface area contributed by atoms with Crippen molar-refractivity contribution in [2.24, 2.45) is 0 Å². The minimum atomic E-state index is -3.99. The van der Waals surface area contributed by atoms with Gasteiger partial charge in [0, 0.05) is 21.2 Å². The van der Waals surface area contributed by atoms with Crippen molar-refractivity contribution < 1.29 is 13.2 Å². The highest BCUT2D eigenvalue weighted by Gasteiger charge is 2.22. The van der Waals surface area contributed by atoms with Crippen LogP contribution in [0.1, 0.15) is 15.9 Å². The Morgan fingerprint density at radius 1 is 0.939 bits per heavy atom. The predicted octanol–water partition coefficient (Wildman–Crippen LogP) is 5.54. The van der Waals surface area contributed by atoms with E-state index in [1.165, 1.54) is 11.8 Å².